The van der Waals surface area contributed by atoms with Gasteiger partial charge in [-0.2, -0.15) is 0 Å². The first kappa shape index (κ1) is 38.5. The first-order valence-corrected chi connectivity index (χ1v) is 17.1. The first-order chi connectivity index (χ1) is 19.1. The van der Waals surface area contributed by atoms with Crippen LogP contribution in [0.25, 0.3) is 0 Å². The minimum absolute atomic E-state index is 0.154. The number of unbranched alkanes of at least 4 members (excludes halogenated alkanes) is 3. The van der Waals surface area contributed by atoms with Gasteiger partial charge < -0.3 is 9.63 Å². The van der Waals surface area contributed by atoms with E-state index in [-0.39, 0.29) is 12.1 Å². The van der Waals surface area contributed by atoms with Crippen LogP contribution in [-0.2, 0) is 23.1 Å². The molecular weight excluding hydrogens is 523 g/mol. The van der Waals surface area contributed by atoms with Crippen molar-refractivity contribution in [1.29, 1.82) is 0 Å². The Labute approximate surface area is 245 Å². The number of phosphoric acid groups is 1. The number of benzene rings is 1. The molecule has 0 radical (unpaired) electrons. The highest BCUT2D eigenvalue weighted by molar-refractivity contribution is 7.47. The van der Waals surface area contributed by atoms with Crippen LogP contribution in [0.2, 0.25) is 0 Å². The molecule has 0 saturated heterocycles. The molecule has 0 aliphatic heterocycles. The molecule has 6 nitrogen and oxygen atoms in total. The fourth-order valence-electron chi connectivity index (χ4n) is 4.26. The molecule has 3 atom stereocenters. The van der Waals surface area contributed by atoms with E-state index in [1.54, 1.807) is 0 Å². The Bertz CT molecular complexity index is 773. The summed E-state index contributed by atoms with van der Waals surface area (Å²) in [5.41, 5.74) is 1.06. The number of esters is 1. The molecule has 3 unspecified atom stereocenters. The standard InChI is InChI=1S/C17H24O2.C16H35O4P/c1-4-17(18)19-16(13-9-8-10-14(2)3)15-11-6-5-7-12-15;1-5-9-11-15(7-3)13-19-21(17,18)20-14-16(8-4)12-10-6-2/h4-7,11-12,14,16H,1,8-10,13H2,2-3H3;15-16H,5-14H2,1-4H3,(H,17,18). The highest BCUT2D eigenvalue weighted by atomic mass is 31.2. The van der Waals surface area contributed by atoms with Gasteiger partial charge in [-0.05, 0) is 49.0 Å². The van der Waals surface area contributed by atoms with Gasteiger partial charge in [-0.25, -0.2) is 9.36 Å². The van der Waals surface area contributed by atoms with Crippen molar-refractivity contribution in [1.82, 2.24) is 0 Å². The van der Waals surface area contributed by atoms with Crippen molar-refractivity contribution in [3.63, 3.8) is 0 Å². The van der Waals surface area contributed by atoms with Gasteiger partial charge in [0.1, 0.15) is 6.10 Å². The second-order valence-electron chi connectivity index (χ2n) is 11.1. The van der Waals surface area contributed by atoms with Gasteiger partial charge >= 0.3 is 13.8 Å². The lowest BCUT2D eigenvalue weighted by molar-refractivity contribution is -0.143. The van der Waals surface area contributed by atoms with Crippen molar-refractivity contribution in [2.45, 2.75) is 125 Å². The minimum atomic E-state index is -3.89. The maximum absolute atomic E-state index is 11.9. The van der Waals surface area contributed by atoms with E-state index in [9.17, 15) is 14.3 Å². The number of hydrogen-bond acceptors (Lipinski definition) is 5. The molecule has 0 bridgehead atoms. The average Bonchev–Trinajstić information content (AvgIpc) is 2.95. The number of carbonyl (C=O) groups excluding carboxylic acids is 1. The molecule has 0 amide bonds. The van der Waals surface area contributed by atoms with Gasteiger partial charge in [-0.1, -0.05) is 130 Å². The largest absolute Gasteiger partial charge is 0.472 e. The van der Waals surface area contributed by atoms with Crippen LogP contribution in [0.3, 0.4) is 0 Å². The monoisotopic (exact) mass is 582 g/mol. The normalized spacial score (nSPS) is 14.9. The number of ether oxygens (including phenoxy) is 1. The molecule has 232 valence electrons. The van der Waals surface area contributed by atoms with E-state index in [0.717, 1.165) is 75.7 Å². The maximum atomic E-state index is 11.9. The van der Waals surface area contributed by atoms with Crippen LogP contribution in [0.15, 0.2) is 43.0 Å². The summed E-state index contributed by atoms with van der Waals surface area (Å²) in [5, 5.41) is 0. The fourth-order valence-corrected chi connectivity index (χ4v) is 5.14. The summed E-state index contributed by atoms with van der Waals surface area (Å²) in [4.78, 5) is 21.2. The van der Waals surface area contributed by atoms with Crippen LogP contribution in [0.4, 0.5) is 0 Å². The summed E-state index contributed by atoms with van der Waals surface area (Å²) in [5.74, 6) is 1.07. The zero-order chi connectivity index (χ0) is 30.2. The van der Waals surface area contributed by atoms with Crippen molar-refractivity contribution in [2.24, 2.45) is 17.8 Å². The summed E-state index contributed by atoms with van der Waals surface area (Å²) in [6.45, 7) is 17.0. The maximum Gasteiger partial charge on any atom is 0.472 e. The van der Waals surface area contributed by atoms with E-state index >= 15 is 0 Å². The average molecular weight is 583 g/mol. The molecule has 40 heavy (non-hydrogen) atoms. The number of hydrogen-bond donors (Lipinski definition) is 1. The summed E-state index contributed by atoms with van der Waals surface area (Å²) < 4.78 is 27.7. The third-order valence-corrected chi connectivity index (χ3v) is 8.08. The lowest BCUT2D eigenvalue weighted by Crippen LogP contribution is -2.12. The zero-order valence-corrected chi connectivity index (χ0v) is 27.2. The Morgan fingerprint density at radius 1 is 0.850 bits per heavy atom. The predicted molar refractivity (Wildman–Crippen MR) is 167 cm³/mol. The van der Waals surface area contributed by atoms with Gasteiger partial charge in [0.2, 0.25) is 0 Å². The van der Waals surface area contributed by atoms with Gasteiger partial charge in [0, 0.05) is 6.08 Å². The second kappa shape index (κ2) is 24.2. The molecule has 0 aromatic heterocycles. The summed E-state index contributed by atoms with van der Waals surface area (Å²) in [6, 6.07) is 9.91. The molecule has 0 fully saturated rings. The van der Waals surface area contributed by atoms with Crippen molar-refractivity contribution >= 4 is 13.8 Å². The van der Waals surface area contributed by atoms with Crippen LogP contribution in [-0.4, -0.2) is 24.1 Å². The Kier molecular flexibility index (Phi) is 23.3. The topological polar surface area (TPSA) is 82.1 Å². The molecule has 1 aromatic carbocycles. The Balaban J connectivity index is 0.000000763. The molecule has 0 aliphatic rings. The van der Waals surface area contributed by atoms with Gasteiger partial charge in [-0.15, -0.1) is 0 Å². The zero-order valence-electron chi connectivity index (χ0n) is 26.3. The SMILES string of the molecule is C=CC(=O)OC(CCCCC(C)C)c1ccccc1.CCCCC(CC)COP(=O)(O)OCC(CC)CCCC. The molecular formula is C33H59O6P. The Morgan fingerprint density at radius 3 is 1.77 bits per heavy atom. The Morgan fingerprint density at radius 2 is 1.35 bits per heavy atom. The first-order valence-electron chi connectivity index (χ1n) is 15.6. The van der Waals surface area contributed by atoms with Crippen LogP contribution < -0.4 is 0 Å². The predicted octanol–water partition coefficient (Wildman–Crippen LogP) is 10.2. The van der Waals surface area contributed by atoms with E-state index < -0.39 is 7.82 Å². The number of carbonyl (C=O) groups is 1. The van der Waals surface area contributed by atoms with Crippen LogP contribution >= 0.6 is 7.82 Å². The van der Waals surface area contributed by atoms with Crippen LogP contribution in [0, 0.1) is 17.8 Å². The fraction of sp³-hybridized carbons (Fsp3) is 0.727. The summed E-state index contributed by atoms with van der Waals surface area (Å²) >= 11 is 0. The van der Waals surface area contributed by atoms with E-state index in [1.165, 1.54) is 18.9 Å². The quantitative estimate of drug-likeness (QED) is 0.0634. The van der Waals surface area contributed by atoms with E-state index in [0.29, 0.717) is 25.0 Å². The molecule has 0 saturated carbocycles. The molecule has 7 heteroatoms. The third-order valence-electron chi connectivity index (χ3n) is 7.13. The van der Waals surface area contributed by atoms with Gasteiger partial charge in [0.05, 0.1) is 13.2 Å². The Hall–Kier alpha value is -1.46. The highest BCUT2D eigenvalue weighted by Crippen LogP contribution is 2.44. The van der Waals surface area contributed by atoms with Gasteiger partial charge in [0.15, 0.2) is 0 Å². The van der Waals surface area contributed by atoms with Crippen molar-refractivity contribution in [3.05, 3.63) is 48.6 Å². The lowest BCUT2D eigenvalue weighted by atomic mass is 10.00. The molecule has 0 aliphatic carbocycles. The molecule has 1 rings (SSSR count). The minimum Gasteiger partial charge on any atom is -0.454 e. The van der Waals surface area contributed by atoms with Crippen molar-refractivity contribution < 1.29 is 28.0 Å². The number of phosphoric ester groups is 1. The third kappa shape index (κ3) is 20.4. The van der Waals surface area contributed by atoms with Gasteiger partial charge in [-0.3, -0.25) is 9.05 Å². The van der Waals surface area contributed by atoms with Crippen LogP contribution in [0.5, 0.6) is 0 Å². The highest BCUT2D eigenvalue weighted by Gasteiger charge is 2.24. The van der Waals surface area contributed by atoms with Gasteiger partial charge in [0.25, 0.3) is 0 Å². The van der Waals surface area contributed by atoms with Crippen LogP contribution in [0.1, 0.15) is 130 Å². The summed E-state index contributed by atoms with van der Waals surface area (Å²) in [6.07, 6.45) is 14.0. The molecule has 1 N–H and O–H groups in total. The van der Waals surface area contributed by atoms with E-state index in [4.69, 9.17) is 13.8 Å². The molecule has 0 spiro atoms. The molecule has 1 aromatic rings. The van der Waals surface area contributed by atoms with Crippen molar-refractivity contribution in [2.75, 3.05) is 13.2 Å². The number of rotatable bonds is 22. The lowest BCUT2D eigenvalue weighted by Gasteiger charge is -2.20. The molecule has 0 heterocycles. The second-order valence-corrected chi connectivity index (χ2v) is 12.6. The van der Waals surface area contributed by atoms with E-state index in [2.05, 4.69) is 48.1 Å². The van der Waals surface area contributed by atoms with Crippen molar-refractivity contribution in [3.8, 4) is 0 Å². The summed E-state index contributed by atoms with van der Waals surface area (Å²) in [7, 11) is -3.89. The smallest absolute Gasteiger partial charge is 0.454 e. The van der Waals surface area contributed by atoms with E-state index in [1.807, 2.05) is 30.3 Å².